The Morgan fingerprint density at radius 2 is 1.91 bits per heavy atom. The van der Waals surface area contributed by atoms with Gasteiger partial charge in [0.15, 0.2) is 11.5 Å². The zero-order valence-electron chi connectivity index (χ0n) is 19.0. The number of ether oxygens (including phenoxy) is 2. The minimum atomic E-state index is -0.262. The van der Waals surface area contributed by atoms with Crippen molar-refractivity contribution in [3.05, 3.63) is 77.8 Å². The van der Waals surface area contributed by atoms with Gasteiger partial charge in [0.1, 0.15) is 12.2 Å². The maximum atomic E-state index is 12.1. The van der Waals surface area contributed by atoms with Crippen LogP contribution >= 0.6 is 0 Å². The number of carbonyl (C=O) groups excluding carboxylic acids is 1. The van der Waals surface area contributed by atoms with Crippen LogP contribution in [0.25, 0.3) is 22.1 Å². The van der Waals surface area contributed by atoms with Gasteiger partial charge < -0.3 is 19.6 Å². The van der Waals surface area contributed by atoms with Crippen molar-refractivity contribution in [2.45, 2.75) is 46.3 Å². The van der Waals surface area contributed by atoms with Crippen LogP contribution in [0.3, 0.4) is 0 Å². The minimum absolute atomic E-state index is 0.262. The number of carbonyl (C=O) groups is 1. The van der Waals surface area contributed by atoms with Crippen LogP contribution < -0.4 is 15.2 Å². The van der Waals surface area contributed by atoms with Crippen LogP contribution in [-0.2, 0) is 24.4 Å². The number of nitrogens with two attached hydrogens (primary N) is 1. The van der Waals surface area contributed by atoms with E-state index < -0.39 is 0 Å². The van der Waals surface area contributed by atoms with Crippen molar-refractivity contribution in [3.8, 4) is 22.6 Å². The number of esters is 1. The van der Waals surface area contributed by atoms with E-state index in [0.29, 0.717) is 31.1 Å². The molecule has 0 aliphatic carbocycles. The number of benzene rings is 2. The third-order valence-corrected chi connectivity index (χ3v) is 5.44. The van der Waals surface area contributed by atoms with E-state index in [9.17, 15) is 4.79 Å². The van der Waals surface area contributed by atoms with E-state index in [1.54, 1.807) is 18.5 Å². The fourth-order valence-corrected chi connectivity index (χ4v) is 3.71. The first kappa shape index (κ1) is 22.6. The first-order valence-electron chi connectivity index (χ1n) is 11.2. The van der Waals surface area contributed by atoms with Gasteiger partial charge in [-0.3, -0.25) is 9.78 Å². The lowest BCUT2D eigenvalue weighted by molar-refractivity contribution is -0.134. The van der Waals surface area contributed by atoms with E-state index in [1.165, 1.54) is 0 Å². The highest BCUT2D eigenvalue weighted by atomic mass is 16.6. The molecule has 0 aliphatic heterocycles. The van der Waals surface area contributed by atoms with Crippen molar-refractivity contribution < 1.29 is 18.7 Å². The maximum absolute atomic E-state index is 12.1. The Morgan fingerprint density at radius 3 is 2.70 bits per heavy atom. The van der Waals surface area contributed by atoms with Crippen molar-refractivity contribution in [1.29, 1.82) is 0 Å². The second-order valence-corrected chi connectivity index (χ2v) is 7.87. The van der Waals surface area contributed by atoms with E-state index in [2.05, 4.69) is 11.9 Å². The third kappa shape index (κ3) is 5.23. The average Bonchev–Trinajstić information content (AvgIpc) is 3.31. The first-order valence-corrected chi connectivity index (χ1v) is 11.2. The minimum Gasteiger partial charge on any atom is -0.485 e. The summed E-state index contributed by atoms with van der Waals surface area (Å²) in [6.07, 6.45) is 5.39. The van der Waals surface area contributed by atoms with Gasteiger partial charge in [-0.1, -0.05) is 19.9 Å². The molecule has 6 nitrogen and oxygen atoms in total. The van der Waals surface area contributed by atoms with Crippen LogP contribution in [0.15, 0.2) is 65.4 Å². The van der Waals surface area contributed by atoms with Gasteiger partial charge in [-0.15, -0.1) is 0 Å². The largest absolute Gasteiger partial charge is 0.485 e. The molecule has 0 fully saturated rings. The molecule has 170 valence electrons. The quantitative estimate of drug-likeness (QED) is 0.259. The highest BCUT2D eigenvalue weighted by molar-refractivity contribution is 5.93. The molecule has 4 aromatic rings. The zero-order valence-corrected chi connectivity index (χ0v) is 19.0. The predicted molar refractivity (Wildman–Crippen MR) is 128 cm³/mol. The molecule has 2 aromatic carbocycles. The van der Waals surface area contributed by atoms with E-state index in [0.717, 1.165) is 51.8 Å². The summed E-state index contributed by atoms with van der Waals surface area (Å²) < 4.78 is 17.5. The van der Waals surface area contributed by atoms with Crippen LogP contribution in [0.4, 0.5) is 0 Å². The number of fused-ring (bicyclic) bond motifs is 1. The van der Waals surface area contributed by atoms with E-state index >= 15 is 0 Å². The molecule has 0 saturated carbocycles. The molecule has 0 atom stereocenters. The van der Waals surface area contributed by atoms with Crippen LogP contribution in [0.5, 0.6) is 11.5 Å². The summed E-state index contributed by atoms with van der Waals surface area (Å²) in [5.74, 6) is 0.737. The fourth-order valence-electron chi connectivity index (χ4n) is 3.71. The fraction of sp³-hybridized carbons (Fsp3) is 0.259. The van der Waals surface area contributed by atoms with Gasteiger partial charge in [-0.2, -0.15) is 0 Å². The van der Waals surface area contributed by atoms with Crippen molar-refractivity contribution in [2.75, 3.05) is 0 Å². The summed E-state index contributed by atoms with van der Waals surface area (Å²) in [4.78, 5) is 16.4. The zero-order chi connectivity index (χ0) is 23.2. The molecule has 4 rings (SSSR count). The van der Waals surface area contributed by atoms with Gasteiger partial charge in [0.25, 0.3) is 0 Å². The van der Waals surface area contributed by atoms with E-state index in [1.807, 2.05) is 49.4 Å². The molecular weight excluding hydrogens is 416 g/mol. The molecule has 0 bridgehead atoms. The Morgan fingerprint density at radius 1 is 1.03 bits per heavy atom. The summed E-state index contributed by atoms with van der Waals surface area (Å²) in [7, 11) is 0. The lowest BCUT2D eigenvalue weighted by Gasteiger charge is -2.14. The van der Waals surface area contributed by atoms with Crippen LogP contribution in [0.2, 0.25) is 0 Å². The number of pyridine rings is 1. The van der Waals surface area contributed by atoms with Crippen LogP contribution in [0, 0.1) is 0 Å². The summed E-state index contributed by atoms with van der Waals surface area (Å²) in [5, 5.41) is 0.981. The van der Waals surface area contributed by atoms with Crippen LogP contribution in [-0.4, -0.2) is 11.0 Å². The number of aryl methyl sites for hydroxylation is 1. The number of furan rings is 1. The summed E-state index contributed by atoms with van der Waals surface area (Å²) in [6, 6.07) is 15.6. The number of rotatable bonds is 9. The third-order valence-electron chi connectivity index (χ3n) is 5.44. The van der Waals surface area contributed by atoms with E-state index in [4.69, 9.17) is 19.6 Å². The first-order chi connectivity index (χ1) is 16.1. The molecule has 2 N–H and O–H groups in total. The van der Waals surface area contributed by atoms with Crippen LogP contribution in [0.1, 0.15) is 43.5 Å². The molecule has 0 saturated heterocycles. The smallest absolute Gasteiger partial charge is 0.311 e. The predicted octanol–water partition coefficient (Wildman–Crippen LogP) is 5.80. The Bertz CT molecular complexity index is 1260. The molecule has 0 spiro atoms. The van der Waals surface area contributed by atoms with Gasteiger partial charge in [-0.25, -0.2) is 0 Å². The average molecular weight is 445 g/mol. The van der Waals surface area contributed by atoms with Gasteiger partial charge in [0.2, 0.25) is 0 Å². The molecule has 6 heteroatoms. The lowest BCUT2D eigenvalue weighted by Crippen LogP contribution is -2.08. The molecule has 2 heterocycles. The Labute approximate surface area is 193 Å². The van der Waals surface area contributed by atoms with Gasteiger partial charge in [0.05, 0.1) is 12.0 Å². The summed E-state index contributed by atoms with van der Waals surface area (Å²) in [6.45, 7) is 4.70. The monoisotopic (exact) mass is 444 g/mol. The topological polar surface area (TPSA) is 87.6 Å². The lowest BCUT2D eigenvalue weighted by atomic mass is 10.0. The van der Waals surface area contributed by atoms with E-state index in [-0.39, 0.29) is 5.97 Å². The second-order valence-electron chi connectivity index (χ2n) is 7.87. The van der Waals surface area contributed by atoms with Crippen molar-refractivity contribution in [1.82, 2.24) is 4.98 Å². The van der Waals surface area contributed by atoms with Crippen molar-refractivity contribution in [2.24, 2.45) is 5.73 Å². The maximum Gasteiger partial charge on any atom is 0.311 e. The van der Waals surface area contributed by atoms with Crippen molar-refractivity contribution >= 4 is 16.9 Å². The highest BCUT2D eigenvalue weighted by Crippen LogP contribution is 2.33. The molecular formula is C27H28N2O4. The summed E-state index contributed by atoms with van der Waals surface area (Å²) in [5.41, 5.74) is 11.4. The Kier molecular flexibility index (Phi) is 7.05. The molecule has 0 radical (unpaired) electrons. The van der Waals surface area contributed by atoms with Gasteiger partial charge in [0, 0.05) is 30.1 Å². The number of hydrogen-bond donors (Lipinski definition) is 1. The Hall–Kier alpha value is -3.64. The molecule has 0 unspecified atom stereocenters. The normalized spacial score (nSPS) is 11.0. The van der Waals surface area contributed by atoms with Gasteiger partial charge in [-0.05, 0) is 72.0 Å². The number of nitrogens with zero attached hydrogens (tertiary/aromatic N) is 1. The highest BCUT2D eigenvalue weighted by Gasteiger charge is 2.14. The molecule has 2 aromatic heterocycles. The van der Waals surface area contributed by atoms with Crippen molar-refractivity contribution in [3.63, 3.8) is 0 Å². The number of aromatic nitrogens is 1. The SMILES string of the molecule is CCCC(=O)Oc1ccc(CC)cc1OCc1cc(-c2ccnc(CN)c2)c2occc2c1. The molecule has 0 aliphatic rings. The molecule has 0 amide bonds. The number of hydrogen-bond acceptors (Lipinski definition) is 6. The standard InChI is InChI=1S/C27H28N2O4/c1-3-5-26(30)33-24-7-6-18(4-2)14-25(24)32-17-19-12-21-9-11-31-27(21)23(13-19)20-8-10-29-22(15-20)16-28/h6-15H,3-5,16-17,28H2,1-2H3. The summed E-state index contributed by atoms with van der Waals surface area (Å²) >= 11 is 0. The Balaban J connectivity index is 1.64. The second kappa shape index (κ2) is 10.3. The van der Waals surface area contributed by atoms with Gasteiger partial charge >= 0.3 is 5.97 Å². The molecule has 33 heavy (non-hydrogen) atoms.